The Morgan fingerprint density at radius 1 is 1.06 bits per heavy atom. The van der Waals surface area contributed by atoms with E-state index in [0.29, 0.717) is 18.4 Å². The second kappa shape index (κ2) is 10.9. The topological polar surface area (TPSA) is 72.8 Å². The van der Waals surface area contributed by atoms with E-state index in [9.17, 15) is 31.1 Å². The van der Waals surface area contributed by atoms with E-state index in [2.05, 4.69) is 20.3 Å². The van der Waals surface area contributed by atoms with E-state index >= 15 is 0 Å². The first-order valence-electron chi connectivity index (χ1n) is 10.0. The fourth-order valence-corrected chi connectivity index (χ4v) is 3.14. The van der Waals surface area contributed by atoms with E-state index in [-0.39, 0.29) is 39.3 Å². The molecular weight excluding hydrogens is 527 g/mol. The van der Waals surface area contributed by atoms with Crippen LogP contribution in [0.2, 0.25) is 10.0 Å². The zero-order valence-corrected chi connectivity index (χ0v) is 19.2. The molecule has 0 atom stereocenters. The minimum Gasteiger partial charge on any atom is -0.468 e. The Morgan fingerprint density at radius 2 is 1.74 bits per heavy atom. The van der Waals surface area contributed by atoms with Crippen LogP contribution in [-0.2, 0) is 4.84 Å². The van der Waals surface area contributed by atoms with Crippen LogP contribution in [0.4, 0.5) is 26.3 Å². The first-order valence-corrected chi connectivity index (χ1v) is 10.8. The molecule has 1 heterocycles. The van der Waals surface area contributed by atoms with Crippen LogP contribution in [0.1, 0.15) is 23.2 Å². The van der Waals surface area contributed by atoms with Gasteiger partial charge in [-0.1, -0.05) is 34.4 Å². The number of hydrogen-bond donors (Lipinski definition) is 1. The van der Waals surface area contributed by atoms with Gasteiger partial charge in [-0.05, 0) is 36.6 Å². The van der Waals surface area contributed by atoms with Crippen LogP contribution in [0.15, 0.2) is 35.6 Å². The minimum absolute atomic E-state index is 0.0446. The van der Waals surface area contributed by atoms with E-state index in [0.717, 1.165) is 6.20 Å². The lowest BCUT2D eigenvalue weighted by molar-refractivity contribution is -0.173. The molecule has 0 aliphatic heterocycles. The lowest BCUT2D eigenvalue weighted by Gasteiger charge is -2.14. The highest BCUT2D eigenvalue weighted by molar-refractivity contribution is 6.42. The Morgan fingerprint density at radius 3 is 2.34 bits per heavy atom. The molecule has 1 aromatic carbocycles. The smallest absolute Gasteiger partial charge is 0.425 e. The number of carbonyl (C=O) groups is 1. The highest BCUT2D eigenvalue weighted by Crippen LogP contribution is 2.34. The fourth-order valence-electron chi connectivity index (χ4n) is 2.84. The van der Waals surface area contributed by atoms with Gasteiger partial charge in [0.05, 0.1) is 27.9 Å². The molecule has 0 unspecified atom stereocenters. The molecule has 1 aliphatic rings. The number of aromatic nitrogens is 1. The lowest BCUT2D eigenvalue weighted by Crippen LogP contribution is -2.31. The third-order valence-corrected chi connectivity index (χ3v) is 5.34. The second-order valence-corrected chi connectivity index (χ2v) is 8.35. The molecule has 0 radical (unpaired) electrons. The number of halogens is 8. The Bertz CT molecular complexity index is 1100. The van der Waals surface area contributed by atoms with Crippen molar-refractivity contribution in [3.8, 4) is 17.0 Å². The predicted molar refractivity (Wildman–Crippen MR) is 116 cm³/mol. The number of pyridine rings is 1. The third-order valence-electron chi connectivity index (χ3n) is 4.61. The molecular formula is C21H17Cl2F6N3O3. The summed E-state index contributed by atoms with van der Waals surface area (Å²) >= 11 is 11.9. The summed E-state index contributed by atoms with van der Waals surface area (Å²) in [4.78, 5) is 20.8. The number of nitrogens with one attached hydrogen (secondary N) is 1. The summed E-state index contributed by atoms with van der Waals surface area (Å²) in [6, 6.07) is 5.50. The molecule has 190 valence electrons. The summed E-state index contributed by atoms with van der Waals surface area (Å²) in [5.74, 6) is -1.19. The number of ether oxygens (including phenoxy) is 1. The molecule has 0 saturated heterocycles. The average Bonchev–Trinajstić information content (AvgIpc) is 3.60. The van der Waals surface area contributed by atoms with Crippen molar-refractivity contribution in [2.45, 2.75) is 25.2 Å². The Balaban J connectivity index is 1.79. The van der Waals surface area contributed by atoms with Gasteiger partial charge in [0, 0.05) is 17.7 Å². The van der Waals surface area contributed by atoms with E-state index < -0.39 is 37.4 Å². The maximum atomic E-state index is 12.7. The van der Waals surface area contributed by atoms with Crippen LogP contribution in [0.5, 0.6) is 5.88 Å². The second-order valence-electron chi connectivity index (χ2n) is 7.54. The SMILES string of the molecule is O=C(NCC(=NOCC(F)(F)F)C1CC1)c1cnc(OCC(F)(F)F)c(-c2ccc(Cl)c(Cl)c2)c1. The highest BCUT2D eigenvalue weighted by Gasteiger charge is 2.32. The molecule has 1 aromatic heterocycles. The van der Waals surface area contributed by atoms with E-state index in [4.69, 9.17) is 27.9 Å². The number of amides is 1. The van der Waals surface area contributed by atoms with Crippen molar-refractivity contribution in [2.24, 2.45) is 11.1 Å². The maximum Gasteiger partial charge on any atom is 0.425 e. The van der Waals surface area contributed by atoms with Crippen molar-refractivity contribution in [1.82, 2.24) is 10.3 Å². The fraction of sp³-hybridized carbons (Fsp3) is 0.381. The number of benzene rings is 1. The zero-order valence-electron chi connectivity index (χ0n) is 17.6. The highest BCUT2D eigenvalue weighted by atomic mass is 35.5. The first-order chi connectivity index (χ1) is 16.3. The van der Waals surface area contributed by atoms with Crippen molar-refractivity contribution in [2.75, 3.05) is 19.8 Å². The normalized spacial score (nSPS) is 14.6. The summed E-state index contributed by atoms with van der Waals surface area (Å²) in [6.07, 6.45) is -6.78. The molecule has 1 fully saturated rings. The number of alkyl halides is 6. The lowest BCUT2D eigenvalue weighted by atomic mass is 10.0. The van der Waals surface area contributed by atoms with Gasteiger partial charge in [-0.25, -0.2) is 4.98 Å². The van der Waals surface area contributed by atoms with E-state index in [1.165, 1.54) is 24.3 Å². The molecule has 6 nitrogen and oxygen atoms in total. The largest absolute Gasteiger partial charge is 0.468 e. The standard InChI is InChI=1S/C21H17Cl2F6N3O3/c22-15-4-3-12(6-16(15)23)14-5-13(7-31-19(14)34-9-20(24,25)26)18(33)30-8-17(11-1-2-11)32-35-10-21(27,28)29/h3-7,11H,1-2,8-10H2,(H,30,33). The van der Waals surface area contributed by atoms with Gasteiger partial charge < -0.3 is 14.9 Å². The molecule has 35 heavy (non-hydrogen) atoms. The van der Waals surface area contributed by atoms with Gasteiger partial charge in [0.2, 0.25) is 12.5 Å². The van der Waals surface area contributed by atoms with Gasteiger partial charge in [-0.15, -0.1) is 0 Å². The molecule has 2 aromatic rings. The number of hydrogen-bond acceptors (Lipinski definition) is 5. The van der Waals surface area contributed by atoms with Crippen molar-refractivity contribution >= 4 is 34.8 Å². The quantitative estimate of drug-likeness (QED) is 0.236. The van der Waals surface area contributed by atoms with Crippen molar-refractivity contribution in [3.05, 3.63) is 46.1 Å². The van der Waals surface area contributed by atoms with Crippen molar-refractivity contribution < 1.29 is 40.7 Å². The van der Waals surface area contributed by atoms with Crippen LogP contribution >= 0.6 is 23.2 Å². The average molecular weight is 544 g/mol. The van der Waals surface area contributed by atoms with Gasteiger partial charge in [0.1, 0.15) is 0 Å². The molecule has 0 bridgehead atoms. The molecule has 14 heteroatoms. The minimum atomic E-state index is -4.63. The molecule has 1 amide bonds. The molecule has 1 aliphatic carbocycles. The summed E-state index contributed by atoms with van der Waals surface area (Å²) in [7, 11) is 0. The summed E-state index contributed by atoms with van der Waals surface area (Å²) in [6.45, 7) is -3.36. The van der Waals surface area contributed by atoms with E-state index in [1.54, 1.807) is 0 Å². The first kappa shape index (κ1) is 26.9. The van der Waals surface area contributed by atoms with Gasteiger partial charge in [-0.2, -0.15) is 26.3 Å². The molecule has 1 saturated carbocycles. The van der Waals surface area contributed by atoms with Crippen LogP contribution in [0, 0.1) is 5.92 Å². The van der Waals surface area contributed by atoms with Crippen LogP contribution < -0.4 is 10.1 Å². The van der Waals surface area contributed by atoms with Gasteiger partial charge in [0.15, 0.2) is 6.61 Å². The van der Waals surface area contributed by atoms with Crippen LogP contribution in [-0.4, -0.2) is 48.7 Å². The van der Waals surface area contributed by atoms with Crippen LogP contribution in [0.3, 0.4) is 0 Å². The number of carbonyl (C=O) groups excluding carboxylic acids is 1. The summed E-state index contributed by atoms with van der Waals surface area (Å²) in [5, 5.41) is 6.32. The van der Waals surface area contributed by atoms with Crippen LogP contribution in [0.25, 0.3) is 11.1 Å². The molecule has 1 N–H and O–H groups in total. The van der Waals surface area contributed by atoms with Crippen molar-refractivity contribution in [1.29, 1.82) is 0 Å². The zero-order chi connectivity index (χ0) is 25.8. The van der Waals surface area contributed by atoms with Gasteiger partial charge >= 0.3 is 12.4 Å². The third kappa shape index (κ3) is 8.46. The van der Waals surface area contributed by atoms with E-state index in [1.807, 2.05) is 0 Å². The Labute approximate surface area is 205 Å². The Hall–Kier alpha value is -2.73. The molecule has 3 rings (SSSR count). The summed E-state index contributed by atoms with van der Waals surface area (Å²) in [5.41, 5.74) is 0.534. The molecule has 0 spiro atoms. The van der Waals surface area contributed by atoms with Gasteiger partial charge in [-0.3, -0.25) is 4.79 Å². The number of oxime groups is 1. The summed E-state index contributed by atoms with van der Waals surface area (Å²) < 4.78 is 79.6. The number of nitrogens with zero attached hydrogens (tertiary/aromatic N) is 2. The van der Waals surface area contributed by atoms with Crippen molar-refractivity contribution in [3.63, 3.8) is 0 Å². The monoisotopic (exact) mass is 543 g/mol. The maximum absolute atomic E-state index is 12.7. The number of rotatable bonds is 9. The van der Waals surface area contributed by atoms with Gasteiger partial charge in [0.25, 0.3) is 5.91 Å². The predicted octanol–water partition coefficient (Wildman–Crippen LogP) is 6.07. The Kier molecular flexibility index (Phi) is 8.37.